The third-order valence-corrected chi connectivity index (χ3v) is 1.81. The molecule has 0 aliphatic heterocycles. The van der Waals surface area contributed by atoms with Gasteiger partial charge in [0.1, 0.15) is 12.8 Å². The smallest absolute Gasteiger partial charge is 0.263 e. The molecule has 1 aromatic carbocycles. The minimum Gasteiger partial charge on any atom is -0.391 e. The Kier molecular flexibility index (Phi) is 4.89. The highest BCUT2D eigenvalue weighted by Crippen LogP contribution is 2.19. The number of benzene rings is 1. The Morgan fingerprint density at radius 1 is 1.38 bits per heavy atom. The summed E-state index contributed by atoms with van der Waals surface area (Å²) in [6.45, 7) is 4.02. The van der Waals surface area contributed by atoms with Crippen molar-refractivity contribution >= 4 is 6.21 Å². The second kappa shape index (κ2) is 6.20. The van der Waals surface area contributed by atoms with Gasteiger partial charge in [-0.1, -0.05) is 37.2 Å². The molecule has 0 bridgehead atoms. The van der Waals surface area contributed by atoms with E-state index < -0.39 is 6.43 Å². The molecule has 1 rings (SSSR count). The van der Waals surface area contributed by atoms with E-state index in [1.165, 1.54) is 12.1 Å². The summed E-state index contributed by atoms with van der Waals surface area (Å²) in [5, 5.41) is 3.60. The Labute approximate surface area is 93.9 Å². The van der Waals surface area contributed by atoms with Crippen LogP contribution in [0.3, 0.4) is 0 Å². The van der Waals surface area contributed by atoms with E-state index in [4.69, 9.17) is 4.84 Å². The van der Waals surface area contributed by atoms with Crippen LogP contribution < -0.4 is 0 Å². The van der Waals surface area contributed by atoms with Gasteiger partial charge in [0, 0.05) is 11.5 Å². The zero-order valence-electron chi connectivity index (χ0n) is 9.28. The lowest BCUT2D eigenvalue weighted by Gasteiger charge is -2.03. The van der Waals surface area contributed by atoms with Gasteiger partial charge in [-0.3, -0.25) is 0 Å². The summed E-state index contributed by atoms with van der Waals surface area (Å²) in [5.41, 5.74) is 0.671. The molecule has 0 amide bonds. The van der Waals surface area contributed by atoms with Gasteiger partial charge in [-0.25, -0.2) is 8.78 Å². The summed E-state index contributed by atoms with van der Waals surface area (Å²) in [6, 6.07) is 6.10. The maximum absolute atomic E-state index is 12.4. The lowest BCUT2D eigenvalue weighted by Crippen LogP contribution is -1.93. The Morgan fingerprint density at radius 2 is 2.12 bits per heavy atom. The van der Waals surface area contributed by atoms with Crippen LogP contribution in [0, 0.1) is 5.92 Å². The standard InChI is InChI=1S/C12H14F2NO/c1-9(2)7-15-16-8-10-4-3-5-11(6-10)12(13)14/h3-6,9,12H,8H2,1-2H3. The van der Waals surface area contributed by atoms with Crippen LogP contribution in [0.15, 0.2) is 29.4 Å². The van der Waals surface area contributed by atoms with E-state index in [-0.39, 0.29) is 18.1 Å². The molecule has 0 aromatic heterocycles. The molecule has 0 aliphatic rings. The molecular formula is C12H14F2NO. The molecule has 0 unspecified atom stereocenters. The van der Waals surface area contributed by atoms with E-state index >= 15 is 0 Å². The minimum absolute atomic E-state index is 0.00193. The van der Waals surface area contributed by atoms with Crippen LogP contribution in [0.1, 0.15) is 31.4 Å². The van der Waals surface area contributed by atoms with Gasteiger partial charge in [-0.2, -0.15) is 0 Å². The summed E-state index contributed by atoms with van der Waals surface area (Å²) in [6.07, 6.45) is 0.255. The molecule has 0 heterocycles. The van der Waals surface area contributed by atoms with Crippen molar-refractivity contribution < 1.29 is 13.6 Å². The van der Waals surface area contributed by atoms with Crippen LogP contribution in [-0.2, 0) is 11.4 Å². The number of nitrogens with zero attached hydrogens (tertiary/aromatic N) is 1. The summed E-state index contributed by atoms with van der Waals surface area (Å²) >= 11 is 0. The molecule has 4 heteroatoms. The van der Waals surface area contributed by atoms with Crippen molar-refractivity contribution in [3.63, 3.8) is 0 Å². The van der Waals surface area contributed by atoms with Gasteiger partial charge in [0.05, 0.1) is 0 Å². The highest BCUT2D eigenvalue weighted by atomic mass is 19.3. The van der Waals surface area contributed by atoms with Gasteiger partial charge in [0.15, 0.2) is 0 Å². The fraction of sp³-hybridized carbons (Fsp3) is 0.417. The fourth-order valence-electron chi connectivity index (χ4n) is 1.07. The summed E-state index contributed by atoms with van der Waals surface area (Å²) in [4.78, 5) is 4.93. The van der Waals surface area contributed by atoms with Crippen LogP contribution in [0.2, 0.25) is 0 Å². The molecule has 0 atom stereocenters. The topological polar surface area (TPSA) is 21.6 Å². The molecule has 0 spiro atoms. The van der Waals surface area contributed by atoms with Crippen molar-refractivity contribution in [2.24, 2.45) is 11.1 Å². The van der Waals surface area contributed by atoms with E-state index in [2.05, 4.69) is 11.4 Å². The van der Waals surface area contributed by atoms with Gasteiger partial charge in [0.25, 0.3) is 6.43 Å². The largest absolute Gasteiger partial charge is 0.391 e. The lowest BCUT2D eigenvalue weighted by atomic mass is 10.1. The highest BCUT2D eigenvalue weighted by molar-refractivity contribution is 5.58. The SMILES string of the molecule is CC(C)/[C]=N\OCc1cccc(C(F)F)c1. The number of halogens is 2. The average molecular weight is 226 g/mol. The van der Waals surface area contributed by atoms with Crippen LogP contribution in [0.5, 0.6) is 0 Å². The van der Waals surface area contributed by atoms with E-state index in [1.807, 2.05) is 13.8 Å². The maximum Gasteiger partial charge on any atom is 0.263 e. The van der Waals surface area contributed by atoms with Crippen LogP contribution in [0.25, 0.3) is 0 Å². The van der Waals surface area contributed by atoms with E-state index in [1.54, 1.807) is 12.1 Å². The van der Waals surface area contributed by atoms with Gasteiger partial charge < -0.3 is 4.84 Å². The second-order valence-corrected chi connectivity index (χ2v) is 3.69. The molecule has 0 saturated heterocycles. The second-order valence-electron chi connectivity index (χ2n) is 3.69. The molecule has 87 valence electrons. The zero-order valence-corrected chi connectivity index (χ0v) is 9.28. The molecule has 0 saturated carbocycles. The first-order chi connectivity index (χ1) is 7.59. The molecule has 1 radical (unpaired) electrons. The minimum atomic E-state index is -2.45. The van der Waals surface area contributed by atoms with Crippen molar-refractivity contribution in [2.45, 2.75) is 26.9 Å². The Morgan fingerprint density at radius 3 is 2.75 bits per heavy atom. The van der Waals surface area contributed by atoms with Gasteiger partial charge >= 0.3 is 0 Å². The molecule has 1 aromatic rings. The molecular weight excluding hydrogens is 212 g/mol. The monoisotopic (exact) mass is 226 g/mol. The first kappa shape index (κ1) is 12.6. The van der Waals surface area contributed by atoms with Crippen molar-refractivity contribution in [3.8, 4) is 0 Å². The van der Waals surface area contributed by atoms with Gasteiger partial charge in [-0.05, 0) is 11.6 Å². The first-order valence-corrected chi connectivity index (χ1v) is 5.04. The molecule has 2 nitrogen and oxygen atoms in total. The quantitative estimate of drug-likeness (QED) is 0.554. The van der Waals surface area contributed by atoms with Crippen molar-refractivity contribution in [3.05, 3.63) is 35.4 Å². The number of rotatable bonds is 5. The summed E-state index contributed by atoms with van der Waals surface area (Å²) < 4.78 is 24.7. The van der Waals surface area contributed by atoms with Gasteiger partial charge in [-0.15, -0.1) is 0 Å². The first-order valence-electron chi connectivity index (χ1n) is 5.04. The predicted molar refractivity (Wildman–Crippen MR) is 58.5 cm³/mol. The number of hydrogen-bond donors (Lipinski definition) is 0. The summed E-state index contributed by atoms with van der Waals surface area (Å²) in [5.74, 6) is 0.187. The number of alkyl halides is 2. The normalized spacial score (nSPS) is 11.6. The Bertz CT molecular complexity index is 351. The zero-order chi connectivity index (χ0) is 12.0. The highest BCUT2D eigenvalue weighted by Gasteiger charge is 2.06. The van der Waals surface area contributed by atoms with Crippen LogP contribution >= 0.6 is 0 Å². The fourth-order valence-corrected chi connectivity index (χ4v) is 1.07. The Balaban J connectivity index is 2.51. The number of hydrogen-bond acceptors (Lipinski definition) is 2. The van der Waals surface area contributed by atoms with Crippen molar-refractivity contribution in [2.75, 3.05) is 0 Å². The molecule has 16 heavy (non-hydrogen) atoms. The average Bonchev–Trinajstić information content (AvgIpc) is 2.24. The van der Waals surface area contributed by atoms with Gasteiger partial charge in [0.2, 0.25) is 0 Å². The van der Waals surface area contributed by atoms with Crippen LogP contribution in [0.4, 0.5) is 8.78 Å². The molecule has 0 fully saturated rings. The predicted octanol–water partition coefficient (Wildman–Crippen LogP) is 3.66. The summed E-state index contributed by atoms with van der Waals surface area (Å²) in [7, 11) is 0. The lowest BCUT2D eigenvalue weighted by molar-refractivity contribution is 0.129. The third kappa shape index (κ3) is 4.38. The molecule has 0 aliphatic carbocycles. The third-order valence-electron chi connectivity index (χ3n) is 1.81. The van der Waals surface area contributed by atoms with E-state index in [0.717, 1.165) is 0 Å². The Hall–Kier alpha value is -1.45. The van der Waals surface area contributed by atoms with Crippen LogP contribution in [-0.4, -0.2) is 6.21 Å². The van der Waals surface area contributed by atoms with E-state index in [0.29, 0.717) is 5.56 Å². The maximum atomic E-state index is 12.4. The van der Waals surface area contributed by atoms with E-state index in [9.17, 15) is 8.78 Å². The van der Waals surface area contributed by atoms with Crippen molar-refractivity contribution in [1.29, 1.82) is 0 Å². The molecule has 0 N–H and O–H groups in total. The van der Waals surface area contributed by atoms with Crippen molar-refractivity contribution in [1.82, 2.24) is 0 Å².